The van der Waals surface area contributed by atoms with Gasteiger partial charge in [-0.05, 0) is 56.1 Å². The molecule has 1 saturated carbocycles. The van der Waals surface area contributed by atoms with Crippen LogP contribution in [0, 0.1) is 16.7 Å². The molecule has 0 bridgehead atoms. The Morgan fingerprint density at radius 2 is 1.38 bits per heavy atom. The quantitative estimate of drug-likeness (QED) is 0.264. The molecule has 0 radical (unpaired) electrons. The lowest BCUT2D eigenvalue weighted by molar-refractivity contribution is 0.219. The molecule has 1 aliphatic rings. The van der Waals surface area contributed by atoms with Gasteiger partial charge in [-0.1, -0.05) is 95.9 Å². The zero-order valence-electron chi connectivity index (χ0n) is 21.7. The summed E-state index contributed by atoms with van der Waals surface area (Å²) in [5.41, 5.74) is 3.60. The van der Waals surface area contributed by atoms with Gasteiger partial charge in [0.1, 0.15) is 5.82 Å². The molecule has 0 N–H and O–H groups in total. The van der Waals surface area contributed by atoms with Gasteiger partial charge < -0.3 is 0 Å². The molecule has 0 saturated heterocycles. The lowest BCUT2D eigenvalue weighted by atomic mass is 9.68. The van der Waals surface area contributed by atoms with Gasteiger partial charge in [-0.15, -0.1) is 0 Å². The van der Waals surface area contributed by atoms with Crippen LogP contribution in [-0.2, 0) is 6.42 Å². The van der Waals surface area contributed by atoms with Crippen LogP contribution in [0.3, 0.4) is 0 Å². The molecule has 0 unspecified atom stereocenters. The second kappa shape index (κ2) is 14.2. The van der Waals surface area contributed by atoms with E-state index in [2.05, 4.69) is 44.2 Å². The van der Waals surface area contributed by atoms with E-state index in [1.54, 1.807) is 0 Å². The van der Waals surface area contributed by atoms with Crippen molar-refractivity contribution in [3.8, 4) is 17.2 Å². The molecule has 3 heteroatoms. The summed E-state index contributed by atoms with van der Waals surface area (Å²) >= 11 is 0. The minimum absolute atomic E-state index is 0.110. The minimum atomic E-state index is -0.110. The van der Waals surface area contributed by atoms with Crippen molar-refractivity contribution in [1.82, 2.24) is 9.97 Å². The zero-order chi connectivity index (χ0) is 24.1. The summed E-state index contributed by atoms with van der Waals surface area (Å²) in [4.78, 5) is 9.50. The highest BCUT2D eigenvalue weighted by Crippen LogP contribution is 2.45. The average molecular weight is 460 g/mol. The second-order valence-electron chi connectivity index (χ2n) is 10.5. The van der Waals surface area contributed by atoms with Crippen molar-refractivity contribution in [2.24, 2.45) is 5.41 Å². The Labute approximate surface area is 208 Å². The van der Waals surface area contributed by atoms with Crippen molar-refractivity contribution in [1.29, 1.82) is 5.26 Å². The van der Waals surface area contributed by atoms with Crippen molar-refractivity contribution in [3.05, 3.63) is 48.0 Å². The lowest BCUT2D eigenvalue weighted by Crippen LogP contribution is -2.26. The van der Waals surface area contributed by atoms with Crippen LogP contribution in [0.25, 0.3) is 11.1 Å². The van der Waals surface area contributed by atoms with E-state index in [9.17, 15) is 5.26 Å². The normalized spacial score (nSPS) is 20.2. The molecular formula is C31H45N3. The van der Waals surface area contributed by atoms with Gasteiger partial charge in [0.25, 0.3) is 0 Å². The van der Waals surface area contributed by atoms with Crippen LogP contribution in [0.5, 0.6) is 0 Å². The Morgan fingerprint density at radius 3 is 2.00 bits per heavy atom. The Kier molecular flexibility index (Phi) is 11.1. The van der Waals surface area contributed by atoms with E-state index in [1.165, 1.54) is 81.8 Å². The van der Waals surface area contributed by atoms with E-state index in [-0.39, 0.29) is 5.41 Å². The Morgan fingerprint density at radius 1 is 0.794 bits per heavy atom. The van der Waals surface area contributed by atoms with Crippen LogP contribution >= 0.6 is 0 Å². The summed E-state index contributed by atoms with van der Waals surface area (Å²) in [5.74, 6) is 1.35. The van der Waals surface area contributed by atoms with Crippen LogP contribution in [-0.4, -0.2) is 9.97 Å². The fraction of sp³-hybridized carbons (Fsp3) is 0.645. The predicted molar refractivity (Wildman–Crippen MR) is 143 cm³/mol. The highest BCUT2D eigenvalue weighted by atomic mass is 14.9. The maximum Gasteiger partial charge on any atom is 0.131 e. The molecule has 34 heavy (non-hydrogen) atoms. The summed E-state index contributed by atoms with van der Waals surface area (Å²) in [6.07, 6.45) is 23.3. The third-order valence-electron chi connectivity index (χ3n) is 7.83. The maximum absolute atomic E-state index is 9.85. The fourth-order valence-corrected chi connectivity index (χ4v) is 5.41. The second-order valence-corrected chi connectivity index (χ2v) is 10.5. The van der Waals surface area contributed by atoms with Crippen molar-refractivity contribution >= 4 is 0 Å². The van der Waals surface area contributed by atoms with E-state index in [0.29, 0.717) is 5.92 Å². The van der Waals surface area contributed by atoms with Crippen LogP contribution < -0.4 is 0 Å². The first-order valence-corrected chi connectivity index (χ1v) is 14.0. The smallest absolute Gasteiger partial charge is 0.131 e. The van der Waals surface area contributed by atoms with Gasteiger partial charge in [0.2, 0.25) is 0 Å². The SMILES string of the molecule is CCCCCCCCc1ccc(-c2cnc([C@H]3CC[C@@](C#N)(CCCCCC)CC3)nc2)cc1. The summed E-state index contributed by atoms with van der Waals surface area (Å²) in [5, 5.41) is 9.85. The number of nitrogens with zero attached hydrogens (tertiary/aromatic N) is 3. The molecule has 184 valence electrons. The van der Waals surface area contributed by atoms with E-state index in [0.717, 1.165) is 43.5 Å². The summed E-state index contributed by atoms with van der Waals surface area (Å²) in [6.45, 7) is 4.51. The van der Waals surface area contributed by atoms with Gasteiger partial charge in [0, 0.05) is 23.9 Å². The monoisotopic (exact) mass is 459 g/mol. The lowest BCUT2D eigenvalue weighted by Gasteiger charge is -2.34. The molecule has 3 rings (SSSR count). The third-order valence-corrected chi connectivity index (χ3v) is 7.83. The fourth-order valence-electron chi connectivity index (χ4n) is 5.41. The summed E-state index contributed by atoms with van der Waals surface area (Å²) in [6, 6.07) is 11.6. The first kappa shape index (κ1) is 26.4. The number of unbranched alkanes of at least 4 members (excludes halogenated alkanes) is 8. The number of aryl methyl sites for hydroxylation is 1. The number of hydrogen-bond donors (Lipinski definition) is 0. The standard InChI is InChI=1S/C31H45N3/c1-3-5-7-9-10-11-13-26-14-16-27(17-15-26)29-23-33-30(34-24-29)28-18-21-31(25-32,22-19-28)20-12-8-6-4-2/h14-17,23-24,28H,3-13,18-22H2,1-2H3/t28-,31-. The van der Waals surface area contributed by atoms with Crippen LogP contribution in [0.2, 0.25) is 0 Å². The first-order valence-electron chi connectivity index (χ1n) is 14.0. The Bertz CT molecular complexity index is 855. The Hall–Kier alpha value is -2.21. The van der Waals surface area contributed by atoms with Crippen molar-refractivity contribution in [3.63, 3.8) is 0 Å². The van der Waals surface area contributed by atoms with Crippen molar-refractivity contribution < 1.29 is 0 Å². The molecule has 3 nitrogen and oxygen atoms in total. The molecular weight excluding hydrogens is 414 g/mol. The third kappa shape index (κ3) is 7.93. The predicted octanol–water partition coefficient (Wildman–Crippen LogP) is 9.18. The molecule has 0 spiro atoms. The minimum Gasteiger partial charge on any atom is -0.240 e. The van der Waals surface area contributed by atoms with Crippen LogP contribution in [0.4, 0.5) is 0 Å². The topological polar surface area (TPSA) is 49.6 Å². The van der Waals surface area contributed by atoms with E-state index in [4.69, 9.17) is 9.97 Å². The number of nitriles is 1. The molecule has 0 atom stereocenters. The number of rotatable bonds is 14. The zero-order valence-corrected chi connectivity index (χ0v) is 21.7. The van der Waals surface area contributed by atoms with Gasteiger partial charge >= 0.3 is 0 Å². The molecule has 1 aromatic heterocycles. The molecule has 2 aromatic rings. The maximum atomic E-state index is 9.85. The summed E-state index contributed by atoms with van der Waals surface area (Å²) < 4.78 is 0. The van der Waals surface area contributed by atoms with Crippen LogP contribution in [0.1, 0.15) is 127 Å². The highest BCUT2D eigenvalue weighted by Gasteiger charge is 2.36. The molecule has 1 heterocycles. The van der Waals surface area contributed by atoms with Gasteiger partial charge in [0.15, 0.2) is 0 Å². The highest BCUT2D eigenvalue weighted by molar-refractivity contribution is 5.61. The van der Waals surface area contributed by atoms with Crippen LogP contribution in [0.15, 0.2) is 36.7 Å². The van der Waals surface area contributed by atoms with Crippen molar-refractivity contribution in [2.75, 3.05) is 0 Å². The molecule has 1 aromatic carbocycles. The molecule has 1 aliphatic carbocycles. The Balaban J connectivity index is 1.47. The molecule has 0 amide bonds. The van der Waals surface area contributed by atoms with E-state index < -0.39 is 0 Å². The number of benzene rings is 1. The molecule has 0 aliphatic heterocycles. The number of hydrogen-bond acceptors (Lipinski definition) is 3. The van der Waals surface area contributed by atoms with E-state index >= 15 is 0 Å². The first-order chi connectivity index (χ1) is 16.7. The van der Waals surface area contributed by atoms with E-state index in [1.807, 2.05) is 12.4 Å². The van der Waals surface area contributed by atoms with Gasteiger partial charge in [-0.3, -0.25) is 0 Å². The van der Waals surface area contributed by atoms with Crippen molar-refractivity contribution in [2.45, 2.75) is 122 Å². The molecule has 1 fully saturated rings. The van der Waals surface area contributed by atoms with Gasteiger partial charge in [-0.2, -0.15) is 5.26 Å². The average Bonchev–Trinajstić information content (AvgIpc) is 2.89. The van der Waals surface area contributed by atoms with Gasteiger partial charge in [-0.25, -0.2) is 9.97 Å². The van der Waals surface area contributed by atoms with Gasteiger partial charge in [0.05, 0.1) is 11.5 Å². The summed E-state index contributed by atoms with van der Waals surface area (Å²) in [7, 11) is 0. The largest absolute Gasteiger partial charge is 0.240 e. The number of aromatic nitrogens is 2.